The molecule has 0 radical (unpaired) electrons. The zero-order valence-electron chi connectivity index (χ0n) is 26.5. The average molecular weight is 678 g/mol. The second-order valence-electron chi connectivity index (χ2n) is 12.5. The van der Waals surface area contributed by atoms with Crippen LogP contribution in [-0.2, 0) is 31.9 Å². The number of aliphatic hydroxyl groups is 3. The first-order valence-electron chi connectivity index (χ1n) is 15.6. The number of Topliss-reactive ketones (excluding diaryl/α,β-unsaturated/α-hetero) is 1. The summed E-state index contributed by atoms with van der Waals surface area (Å²) in [5.41, 5.74) is -3.39. The molecule has 1 aliphatic heterocycles. The zero-order valence-corrected chi connectivity index (χ0v) is 26.5. The number of methoxy groups -OCH3 is 1. The molecule has 14 nitrogen and oxygen atoms in total. The van der Waals surface area contributed by atoms with Crippen LogP contribution >= 0.6 is 0 Å². The number of ketones is 3. The first kappa shape index (κ1) is 34.0. The van der Waals surface area contributed by atoms with Gasteiger partial charge in [0.1, 0.15) is 41.3 Å². The third-order valence-electron chi connectivity index (χ3n) is 9.41. The number of carbonyl (C=O) groups is 4. The fourth-order valence-electron chi connectivity index (χ4n) is 6.92. The van der Waals surface area contributed by atoms with E-state index in [0.29, 0.717) is 5.56 Å². The number of aromatic hydroxyl groups is 3. The Balaban J connectivity index is 1.36. The standard InChI is InChI=1S/C35H35NO13/c1-15-30(41)20(36-24(40)10-16-6-8-17(38)9-7-16)11-25(48-15)49-22-13-35(46,23(39)14-37)12-19-27(22)34(45)29-28(32(19)43)31(42)18-4-3-5-21(47-2)26(18)33(29)44/h3-9,15,20,22,25,30,37-38,41,43,45-46H,10-14H2,1-2H3,(H,36,40)/t15?,20?,22-,25?,30?,35-/m0/s1. The van der Waals surface area contributed by atoms with Gasteiger partial charge in [0.25, 0.3) is 0 Å². The molecule has 3 aromatic rings. The number of hydrogen-bond acceptors (Lipinski definition) is 13. The van der Waals surface area contributed by atoms with Crippen LogP contribution in [0, 0.1) is 0 Å². The van der Waals surface area contributed by atoms with Crippen LogP contribution in [0.5, 0.6) is 23.0 Å². The summed E-state index contributed by atoms with van der Waals surface area (Å²) in [7, 11) is 1.31. The highest BCUT2D eigenvalue weighted by Gasteiger charge is 2.50. The molecule has 1 fully saturated rings. The summed E-state index contributed by atoms with van der Waals surface area (Å²) < 4.78 is 17.4. The average Bonchev–Trinajstić information content (AvgIpc) is 3.07. The molecule has 14 heteroatoms. The Kier molecular flexibility index (Phi) is 8.94. The van der Waals surface area contributed by atoms with E-state index in [2.05, 4.69) is 5.32 Å². The van der Waals surface area contributed by atoms with E-state index >= 15 is 0 Å². The Hall–Kier alpha value is -4.86. The van der Waals surface area contributed by atoms with E-state index in [1.165, 1.54) is 44.4 Å². The second kappa shape index (κ2) is 12.9. The molecule has 49 heavy (non-hydrogen) atoms. The van der Waals surface area contributed by atoms with Gasteiger partial charge < -0.3 is 50.2 Å². The number of carbonyl (C=O) groups excluding carboxylic acids is 4. The zero-order chi connectivity index (χ0) is 35.4. The molecule has 6 atom stereocenters. The Labute approximate surface area is 279 Å². The molecule has 7 N–H and O–H groups in total. The molecule has 0 aromatic heterocycles. The van der Waals surface area contributed by atoms with Gasteiger partial charge in [-0.3, -0.25) is 19.2 Å². The lowest BCUT2D eigenvalue weighted by Crippen LogP contribution is -2.56. The maximum Gasteiger partial charge on any atom is 0.224 e. The van der Waals surface area contributed by atoms with Crippen LogP contribution in [-0.4, -0.2) is 97.8 Å². The Morgan fingerprint density at radius 2 is 1.69 bits per heavy atom. The summed E-state index contributed by atoms with van der Waals surface area (Å²) in [4.78, 5) is 53.3. The number of hydrogen-bond donors (Lipinski definition) is 7. The molecule has 2 aliphatic carbocycles. The third-order valence-corrected chi connectivity index (χ3v) is 9.41. The van der Waals surface area contributed by atoms with Gasteiger partial charge in [-0.25, -0.2) is 0 Å². The van der Waals surface area contributed by atoms with Crippen molar-refractivity contribution in [3.8, 4) is 23.0 Å². The first-order chi connectivity index (χ1) is 23.3. The molecule has 258 valence electrons. The highest BCUT2D eigenvalue weighted by atomic mass is 16.7. The lowest BCUT2D eigenvalue weighted by atomic mass is 9.72. The number of rotatable bonds is 8. The smallest absolute Gasteiger partial charge is 0.224 e. The summed E-state index contributed by atoms with van der Waals surface area (Å²) in [5.74, 6) is -4.45. The highest BCUT2D eigenvalue weighted by molar-refractivity contribution is 6.31. The monoisotopic (exact) mass is 677 g/mol. The van der Waals surface area contributed by atoms with Crippen molar-refractivity contribution in [2.24, 2.45) is 0 Å². The van der Waals surface area contributed by atoms with Crippen LogP contribution in [0.1, 0.15) is 74.4 Å². The van der Waals surface area contributed by atoms with Gasteiger partial charge in [0.2, 0.25) is 11.7 Å². The van der Waals surface area contributed by atoms with Crippen LogP contribution in [0.3, 0.4) is 0 Å². The number of nitrogens with one attached hydrogen (secondary N) is 1. The van der Waals surface area contributed by atoms with Crippen molar-refractivity contribution in [3.63, 3.8) is 0 Å². The Bertz CT molecular complexity index is 1860. The molecule has 1 saturated heterocycles. The fraction of sp³-hybridized carbons (Fsp3) is 0.371. The van der Waals surface area contributed by atoms with Crippen LogP contribution in [0.25, 0.3) is 0 Å². The number of ether oxygens (including phenoxy) is 3. The van der Waals surface area contributed by atoms with Gasteiger partial charge in [0.05, 0.1) is 48.5 Å². The van der Waals surface area contributed by atoms with Gasteiger partial charge in [-0.15, -0.1) is 0 Å². The summed E-state index contributed by atoms with van der Waals surface area (Å²) in [5, 5.41) is 67.5. The topological polar surface area (TPSA) is 229 Å². The molecular weight excluding hydrogens is 642 g/mol. The van der Waals surface area contributed by atoms with Crippen molar-refractivity contribution < 1.29 is 64.0 Å². The SMILES string of the molecule is COc1cccc2c1C(=O)c1c(O)c3c(c(O)c1C2=O)C[C@@](O)(C(=O)CO)C[C@@H]3OC1CC(NC(=O)Cc2ccc(O)cc2)C(O)C(C)O1. The van der Waals surface area contributed by atoms with Crippen molar-refractivity contribution >= 4 is 23.3 Å². The summed E-state index contributed by atoms with van der Waals surface area (Å²) in [6.45, 7) is 0.466. The molecule has 0 bridgehead atoms. The van der Waals surface area contributed by atoms with Crippen molar-refractivity contribution in [1.29, 1.82) is 0 Å². The van der Waals surface area contributed by atoms with Gasteiger partial charge in [0, 0.05) is 36.0 Å². The maximum absolute atomic E-state index is 13.9. The molecule has 3 aromatic carbocycles. The molecule has 4 unspecified atom stereocenters. The van der Waals surface area contributed by atoms with E-state index < -0.39 is 102 Å². The Morgan fingerprint density at radius 1 is 1.00 bits per heavy atom. The van der Waals surface area contributed by atoms with Crippen molar-refractivity contribution in [3.05, 3.63) is 81.4 Å². The number of amides is 1. The third kappa shape index (κ3) is 5.91. The number of fused-ring (bicyclic) bond motifs is 3. The highest BCUT2D eigenvalue weighted by Crippen LogP contribution is 2.52. The Morgan fingerprint density at radius 3 is 2.37 bits per heavy atom. The van der Waals surface area contributed by atoms with Gasteiger partial charge in [-0.05, 0) is 30.7 Å². The number of phenolic OH excluding ortho intramolecular Hbond substituents is 3. The van der Waals surface area contributed by atoms with E-state index in [4.69, 9.17) is 14.2 Å². The van der Waals surface area contributed by atoms with E-state index in [9.17, 15) is 49.8 Å². The fourth-order valence-corrected chi connectivity index (χ4v) is 6.92. The first-order valence-corrected chi connectivity index (χ1v) is 15.6. The molecule has 6 rings (SSSR count). The maximum atomic E-state index is 13.9. The number of benzene rings is 3. The van der Waals surface area contributed by atoms with E-state index in [0.717, 1.165) is 0 Å². The lowest BCUT2D eigenvalue weighted by molar-refractivity contribution is -0.249. The minimum Gasteiger partial charge on any atom is -0.508 e. The lowest BCUT2D eigenvalue weighted by Gasteiger charge is -2.43. The van der Waals surface area contributed by atoms with Gasteiger partial charge in [-0.1, -0.05) is 24.3 Å². The summed E-state index contributed by atoms with van der Waals surface area (Å²) in [6.07, 6.45) is -6.12. The van der Waals surface area contributed by atoms with Gasteiger partial charge in [-0.2, -0.15) is 0 Å². The molecule has 3 aliphatic rings. The van der Waals surface area contributed by atoms with E-state index in [1.807, 2.05) is 0 Å². The van der Waals surface area contributed by atoms with Gasteiger partial charge in [0.15, 0.2) is 17.9 Å². The van der Waals surface area contributed by atoms with Gasteiger partial charge >= 0.3 is 0 Å². The molecule has 0 saturated carbocycles. The van der Waals surface area contributed by atoms with E-state index in [1.54, 1.807) is 12.1 Å². The number of phenols is 3. The quantitative estimate of drug-likeness (QED) is 0.130. The van der Waals surface area contributed by atoms with Crippen molar-refractivity contribution in [1.82, 2.24) is 5.32 Å². The summed E-state index contributed by atoms with van der Waals surface area (Å²) in [6, 6.07) is 9.44. The van der Waals surface area contributed by atoms with Crippen LogP contribution < -0.4 is 10.1 Å². The van der Waals surface area contributed by atoms with Crippen LogP contribution in [0.2, 0.25) is 0 Å². The van der Waals surface area contributed by atoms with Crippen molar-refractivity contribution in [2.45, 2.75) is 68.9 Å². The molecule has 1 amide bonds. The largest absolute Gasteiger partial charge is 0.508 e. The van der Waals surface area contributed by atoms with Crippen molar-refractivity contribution in [2.75, 3.05) is 13.7 Å². The molecule has 0 spiro atoms. The summed E-state index contributed by atoms with van der Waals surface area (Å²) >= 11 is 0. The predicted octanol–water partition coefficient (Wildman–Crippen LogP) is 1.11. The molecule has 1 heterocycles. The minimum atomic E-state index is -2.33. The van der Waals surface area contributed by atoms with Crippen LogP contribution in [0.15, 0.2) is 42.5 Å². The second-order valence-corrected chi connectivity index (χ2v) is 12.5. The minimum absolute atomic E-state index is 0.0371. The predicted molar refractivity (Wildman–Crippen MR) is 168 cm³/mol. The van der Waals surface area contributed by atoms with Crippen LogP contribution in [0.4, 0.5) is 0 Å². The normalized spacial score (nSPS) is 25.9. The van der Waals surface area contributed by atoms with E-state index in [-0.39, 0.29) is 46.6 Å². The number of aliphatic hydroxyl groups excluding tert-OH is 2. The molecular formula is C35H35NO13.